The first kappa shape index (κ1) is 41.3. The molecule has 1 heterocycles. The number of hydrogen-bond acceptors (Lipinski definition) is 2. The van der Waals surface area contributed by atoms with E-state index >= 15 is 0 Å². The Morgan fingerprint density at radius 1 is 0.254 bits per heavy atom. The zero-order chi connectivity index (χ0) is 45.4. The minimum Gasteiger partial charge on any atom is -0.310 e. The van der Waals surface area contributed by atoms with Gasteiger partial charge in [-0.3, -0.25) is 0 Å². The summed E-state index contributed by atoms with van der Waals surface area (Å²) in [5, 5.41) is 2.41. The molecule has 0 aliphatic carbocycles. The van der Waals surface area contributed by atoms with Crippen LogP contribution in [0.1, 0.15) is 22.3 Å². The fourth-order valence-electron chi connectivity index (χ4n) is 9.43. The molecule has 0 aliphatic rings. The number of hydrogen-bond donors (Lipinski definition) is 0. The quantitative estimate of drug-likeness (QED) is 0.136. The third kappa shape index (κ3) is 8.17. The van der Waals surface area contributed by atoms with Crippen LogP contribution >= 0.6 is 0 Å². The van der Waals surface area contributed by atoms with Gasteiger partial charge < -0.3 is 14.4 Å². The lowest BCUT2D eigenvalue weighted by molar-refractivity contribution is 1.18. The van der Waals surface area contributed by atoms with Gasteiger partial charge >= 0.3 is 0 Å². The van der Waals surface area contributed by atoms with E-state index in [1.807, 2.05) is 0 Å². The number of fused-ring (bicyclic) bond motifs is 3. The number of nitrogens with zero attached hydrogens (tertiary/aromatic N) is 3. The fraction of sp³-hybridized carbons (Fsp3) is 0.0625. The number of aromatic nitrogens is 1. The summed E-state index contributed by atoms with van der Waals surface area (Å²) in [6, 6.07) is 86.7. The Kier molecular flexibility index (Phi) is 10.8. The molecule has 0 aliphatic heterocycles. The van der Waals surface area contributed by atoms with E-state index < -0.39 is 0 Å². The van der Waals surface area contributed by atoms with Crippen molar-refractivity contribution < 1.29 is 0 Å². The van der Waals surface area contributed by atoms with E-state index in [0.717, 1.165) is 62.0 Å². The first-order valence-corrected chi connectivity index (χ1v) is 23.1. The van der Waals surface area contributed by atoms with Crippen molar-refractivity contribution in [3.05, 3.63) is 259 Å². The molecule has 0 saturated carbocycles. The second-order valence-electron chi connectivity index (χ2n) is 17.8. The Labute approximate surface area is 394 Å². The van der Waals surface area contributed by atoms with Crippen molar-refractivity contribution >= 4 is 55.9 Å². The molecule has 0 amide bonds. The summed E-state index contributed by atoms with van der Waals surface area (Å²) >= 11 is 0. The molecule has 0 radical (unpaired) electrons. The minimum atomic E-state index is 1.11. The maximum absolute atomic E-state index is 2.44. The molecule has 10 aromatic carbocycles. The molecule has 0 atom stereocenters. The number of aryl methyl sites for hydroxylation is 4. The summed E-state index contributed by atoms with van der Waals surface area (Å²) in [6.45, 7) is 8.56. The van der Waals surface area contributed by atoms with Gasteiger partial charge in [-0.05, 0) is 170 Å². The second kappa shape index (κ2) is 17.5. The Morgan fingerprint density at radius 3 is 1.00 bits per heavy atom. The van der Waals surface area contributed by atoms with Crippen LogP contribution in [0.15, 0.2) is 237 Å². The van der Waals surface area contributed by atoms with Crippen LogP contribution in [0.3, 0.4) is 0 Å². The highest BCUT2D eigenvalue weighted by Crippen LogP contribution is 2.42. The zero-order valence-corrected chi connectivity index (χ0v) is 38.4. The van der Waals surface area contributed by atoms with E-state index in [1.54, 1.807) is 0 Å². The fourth-order valence-corrected chi connectivity index (χ4v) is 9.43. The van der Waals surface area contributed by atoms with Gasteiger partial charge in [0.2, 0.25) is 0 Å². The Bertz CT molecular complexity index is 3240. The highest BCUT2D eigenvalue weighted by Gasteiger charge is 2.19. The van der Waals surface area contributed by atoms with Gasteiger partial charge in [0.1, 0.15) is 0 Å². The van der Waals surface area contributed by atoms with Gasteiger partial charge in [-0.25, -0.2) is 0 Å². The molecule has 0 unspecified atom stereocenters. The summed E-state index contributed by atoms with van der Waals surface area (Å²) in [5.74, 6) is 0. The molecule has 3 nitrogen and oxygen atoms in total. The monoisotopic (exact) mass is 861 g/mol. The smallest absolute Gasteiger partial charge is 0.0541 e. The zero-order valence-electron chi connectivity index (χ0n) is 38.4. The molecule has 322 valence electrons. The van der Waals surface area contributed by atoms with Gasteiger partial charge in [0.05, 0.1) is 11.0 Å². The van der Waals surface area contributed by atoms with Crippen LogP contribution in [0.2, 0.25) is 0 Å². The average molecular weight is 862 g/mol. The van der Waals surface area contributed by atoms with Gasteiger partial charge in [0.15, 0.2) is 0 Å². The molecule has 0 fully saturated rings. The van der Waals surface area contributed by atoms with Crippen molar-refractivity contribution in [3.8, 4) is 39.1 Å². The SMILES string of the molecule is Cc1ccc(N(c2ccc(C)cc2)c2cccc(-c3ccc4c(c3)c3cc(-c5cccc(N(c6ccc(C)cc6)c6ccc(C)cc6)c5)ccc3n4-c3cccc(-c4ccccc4)c3)c2)cc1. The molecule has 11 rings (SSSR count). The Hall–Kier alpha value is -8.40. The second-order valence-corrected chi connectivity index (χ2v) is 17.8. The highest BCUT2D eigenvalue weighted by molar-refractivity contribution is 6.12. The molecule has 3 heteroatoms. The summed E-state index contributed by atoms with van der Waals surface area (Å²) in [5.41, 5.74) is 22.2. The summed E-state index contributed by atoms with van der Waals surface area (Å²) in [7, 11) is 0. The number of benzene rings is 10. The van der Waals surface area contributed by atoms with Crippen molar-refractivity contribution in [1.29, 1.82) is 0 Å². The number of rotatable bonds is 10. The van der Waals surface area contributed by atoms with Gasteiger partial charge in [-0.1, -0.05) is 150 Å². The lowest BCUT2D eigenvalue weighted by Crippen LogP contribution is -2.10. The van der Waals surface area contributed by atoms with E-state index in [1.165, 1.54) is 55.3 Å². The standard InChI is InChI=1S/C64H51N3/c1-44-19-29-54(30-20-44)65(55-31-21-45(2)22-32-55)58-16-9-14-50(40-58)52-27-37-63-61(42-52)62-43-53(28-38-64(62)67(63)60-18-8-13-49(39-60)48-11-6-5-7-12-48)51-15-10-17-59(41-51)66(56-33-23-46(3)24-34-56)57-35-25-47(4)26-36-57/h5-43H,1-4H3. The first-order chi connectivity index (χ1) is 32.8. The molecule has 11 aromatic rings. The predicted octanol–water partition coefficient (Wildman–Crippen LogP) is 18.0. The molecule has 67 heavy (non-hydrogen) atoms. The van der Waals surface area contributed by atoms with Crippen molar-refractivity contribution in [1.82, 2.24) is 4.57 Å². The number of anilines is 6. The molecular weight excluding hydrogens is 811 g/mol. The van der Waals surface area contributed by atoms with Crippen LogP contribution in [-0.4, -0.2) is 4.57 Å². The maximum Gasteiger partial charge on any atom is 0.0541 e. The summed E-state index contributed by atoms with van der Waals surface area (Å²) in [4.78, 5) is 4.71. The molecule has 0 spiro atoms. The van der Waals surface area contributed by atoms with E-state index in [0.29, 0.717) is 0 Å². The third-order valence-electron chi connectivity index (χ3n) is 13.0. The molecular formula is C64H51N3. The average Bonchev–Trinajstić information content (AvgIpc) is 3.70. The topological polar surface area (TPSA) is 11.4 Å². The third-order valence-corrected chi connectivity index (χ3v) is 13.0. The van der Waals surface area contributed by atoms with Gasteiger partial charge in [0, 0.05) is 50.6 Å². The molecule has 0 bridgehead atoms. The van der Waals surface area contributed by atoms with Gasteiger partial charge in [-0.2, -0.15) is 0 Å². The molecule has 0 saturated heterocycles. The lowest BCUT2D eigenvalue weighted by Gasteiger charge is -2.26. The maximum atomic E-state index is 2.44. The van der Waals surface area contributed by atoms with E-state index in [-0.39, 0.29) is 0 Å². The van der Waals surface area contributed by atoms with Crippen LogP contribution in [-0.2, 0) is 0 Å². The Morgan fingerprint density at radius 2 is 0.597 bits per heavy atom. The van der Waals surface area contributed by atoms with Crippen LogP contribution in [0.25, 0.3) is 60.9 Å². The molecule has 1 aromatic heterocycles. The lowest BCUT2D eigenvalue weighted by atomic mass is 9.99. The van der Waals surface area contributed by atoms with Crippen molar-refractivity contribution in [2.24, 2.45) is 0 Å². The van der Waals surface area contributed by atoms with Crippen molar-refractivity contribution in [2.45, 2.75) is 27.7 Å². The normalized spacial score (nSPS) is 11.3. The minimum absolute atomic E-state index is 1.11. The van der Waals surface area contributed by atoms with Crippen LogP contribution in [0.5, 0.6) is 0 Å². The predicted molar refractivity (Wildman–Crippen MR) is 285 cm³/mol. The largest absolute Gasteiger partial charge is 0.310 e. The Balaban J connectivity index is 1.07. The van der Waals surface area contributed by atoms with Gasteiger partial charge in [0.25, 0.3) is 0 Å². The van der Waals surface area contributed by atoms with E-state index in [2.05, 4.69) is 279 Å². The van der Waals surface area contributed by atoms with Crippen molar-refractivity contribution in [3.63, 3.8) is 0 Å². The van der Waals surface area contributed by atoms with Crippen LogP contribution in [0.4, 0.5) is 34.1 Å². The van der Waals surface area contributed by atoms with Crippen LogP contribution in [0, 0.1) is 27.7 Å². The van der Waals surface area contributed by atoms with Crippen molar-refractivity contribution in [2.75, 3.05) is 9.80 Å². The van der Waals surface area contributed by atoms with E-state index in [4.69, 9.17) is 0 Å². The highest BCUT2D eigenvalue weighted by atomic mass is 15.1. The summed E-state index contributed by atoms with van der Waals surface area (Å²) in [6.07, 6.45) is 0. The first-order valence-electron chi connectivity index (χ1n) is 23.1. The van der Waals surface area contributed by atoms with Crippen LogP contribution < -0.4 is 9.80 Å². The summed E-state index contributed by atoms with van der Waals surface area (Å²) < 4.78 is 2.44. The molecule has 0 N–H and O–H groups in total. The van der Waals surface area contributed by atoms with Gasteiger partial charge in [-0.15, -0.1) is 0 Å². The van der Waals surface area contributed by atoms with E-state index in [9.17, 15) is 0 Å².